The molecule has 1 heterocycles. The Bertz CT molecular complexity index is 2470. The zero-order valence-corrected chi connectivity index (χ0v) is 25.2. The second-order valence-corrected chi connectivity index (χ2v) is 11.8. The number of anilines is 3. The van der Waals surface area contributed by atoms with Crippen molar-refractivity contribution in [3.63, 3.8) is 0 Å². The van der Waals surface area contributed by atoms with Gasteiger partial charge in [0.1, 0.15) is 0 Å². The number of para-hydroxylation sites is 3. The van der Waals surface area contributed by atoms with Crippen LogP contribution >= 0.6 is 0 Å². The lowest BCUT2D eigenvalue weighted by atomic mass is 9.95. The molecule has 216 valence electrons. The van der Waals surface area contributed by atoms with Crippen molar-refractivity contribution >= 4 is 60.4 Å². The maximum Gasteiger partial charge on any atom is 0.0546 e. The monoisotopic (exact) mass is 586 g/mol. The van der Waals surface area contributed by atoms with Crippen molar-refractivity contribution < 1.29 is 0 Å². The van der Waals surface area contributed by atoms with Gasteiger partial charge in [-0.2, -0.15) is 0 Å². The summed E-state index contributed by atoms with van der Waals surface area (Å²) < 4.78 is 2.37. The highest BCUT2D eigenvalue weighted by atomic mass is 15.1. The summed E-state index contributed by atoms with van der Waals surface area (Å²) in [5.74, 6) is 0. The minimum Gasteiger partial charge on any atom is -0.310 e. The van der Waals surface area contributed by atoms with Crippen LogP contribution in [-0.4, -0.2) is 4.57 Å². The standard InChI is InChI=1S/C44H30N2/c1-2-16-36(17-3-1)45(37-24-26-38(27-25-37)46-42-20-10-8-18-39(42)40-19-9-11-21-43(40)46)44-30-34-15-7-6-14-33(34)29-41(44)35-23-22-31-12-4-5-13-32(31)28-35/h1-30H. The number of fused-ring (bicyclic) bond motifs is 5. The van der Waals surface area contributed by atoms with E-state index in [1.807, 2.05) is 0 Å². The second kappa shape index (κ2) is 10.8. The maximum atomic E-state index is 2.40. The first kappa shape index (κ1) is 26.3. The van der Waals surface area contributed by atoms with E-state index in [2.05, 4.69) is 191 Å². The van der Waals surface area contributed by atoms with Crippen molar-refractivity contribution in [2.45, 2.75) is 0 Å². The van der Waals surface area contributed by atoms with E-state index in [0.29, 0.717) is 0 Å². The number of hydrogen-bond acceptors (Lipinski definition) is 1. The number of nitrogens with zero attached hydrogens (tertiary/aromatic N) is 2. The van der Waals surface area contributed by atoms with E-state index >= 15 is 0 Å². The molecule has 0 aliphatic carbocycles. The molecule has 46 heavy (non-hydrogen) atoms. The van der Waals surface area contributed by atoms with Gasteiger partial charge in [-0.15, -0.1) is 0 Å². The van der Waals surface area contributed by atoms with Gasteiger partial charge in [0.15, 0.2) is 0 Å². The zero-order valence-electron chi connectivity index (χ0n) is 25.2. The molecular weight excluding hydrogens is 556 g/mol. The fourth-order valence-electron chi connectivity index (χ4n) is 6.96. The third-order valence-corrected chi connectivity index (χ3v) is 9.13. The lowest BCUT2D eigenvalue weighted by Gasteiger charge is -2.28. The van der Waals surface area contributed by atoms with Crippen molar-refractivity contribution in [1.29, 1.82) is 0 Å². The summed E-state index contributed by atoms with van der Waals surface area (Å²) in [5, 5.41) is 7.46. The van der Waals surface area contributed by atoms with Crippen LogP contribution < -0.4 is 4.90 Å². The first-order valence-electron chi connectivity index (χ1n) is 15.8. The third kappa shape index (κ3) is 4.35. The largest absolute Gasteiger partial charge is 0.310 e. The molecule has 0 N–H and O–H groups in total. The molecule has 2 nitrogen and oxygen atoms in total. The second-order valence-electron chi connectivity index (χ2n) is 11.8. The van der Waals surface area contributed by atoms with Gasteiger partial charge < -0.3 is 9.47 Å². The summed E-state index contributed by atoms with van der Waals surface area (Å²) in [6.45, 7) is 0. The van der Waals surface area contributed by atoms with Gasteiger partial charge in [-0.1, -0.05) is 115 Å². The van der Waals surface area contributed by atoms with Crippen molar-refractivity contribution in [3.05, 3.63) is 182 Å². The van der Waals surface area contributed by atoms with Crippen LogP contribution in [0, 0.1) is 0 Å². The van der Waals surface area contributed by atoms with Crippen molar-refractivity contribution in [2.75, 3.05) is 4.90 Å². The smallest absolute Gasteiger partial charge is 0.0546 e. The molecular formula is C44H30N2. The summed E-state index contributed by atoms with van der Waals surface area (Å²) in [6, 6.07) is 65.8. The van der Waals surface area contributed by atoms with Crippen LogP contribution in [0.4, 0.5) is 17.1 Å². The first-order chi connectivity index (χ1) is 22.8. The van der Waals surface area contributed by atoms with E-state index in [0.717, 1.165) is 22.7 Å². The van der Waals surface area contributed by atoms with E-state index in [1.54, 1.807) is 0 Å². The Hall–Kier alpha value is -6.12. The van der Waals surface area contributed by atoms with Gasteiger partial charge in [-0.3, -0.25) is 0 Å². The molecule has 9 rings (SSSR count). The van der Waals surface area contributed by atoms with Crippen LogP contribution in [0.15, 0.2) is 182 Å². The minimum atomic E-state index is 1.10. The minimum absolute atomic E-state index is 1.10. The molecule has 0 saturated carbocycles. The van der Waals surface area contributed by atoms with Crippen molar-refractivity contribution in [1.82, 2.24) is 4.57 Å². The molecule has 0 bridgehead atoms. The van der Waals surface area contributed by atoms with Gasteiger partial charge in [0.25, 0.3) is 0 Å². The van der Waals surface area contributed by atoms with Gasteiger partial charge in [-0.05, 0) is 93.8 Å². The Morgan fingerprint density at radius 1 is 0.370 bits per heavy atom. The highest BCUT2D eigenvalue weighted by Gasteiger charge is 2.19. The van der Waals surface area contributed by atoms with E-state index in [9.17, 15) is 0 Å². The molecule has 0 amide bonds. The summed E-state index contributed by atoms with van der Waals surface area (Å²) in [5.41, 5.74) is 9.32. The highest BCUT2D eigenvalue weighted by Crippen LogP contribution is 2.44. The number of benzene rings is 8. The van der Waals surface area contributed by atoms with E-state index in [-0.39, 0.29) is 0 Å². The SMILES string of the molecule is c1ccc(N(c2ccc(-n3c4ccccc4c4ccccc43)cc2)c2cc3ccccc3cc2-c2ccc3ccccc3c2)cc1. The summed E-state index contributed by atoms with van der Waals surface area (Å²) in [7, 11) is 0. The molecule has 0 spiro atoms. The number of rotatable bonds is 5. The van der Waals surface area contributed by atoms with Crippen LogP contribution in [0.25, 0.3) is 60.2 Å². The van der Waals surface area contributed by atoms with Crippen LogP contribution in [0.5, 0.6) is 0 Å². The Labute approximate surface area is 268 Å². The zero-order chi connectivity index (χ0) is 30.5. The van der Waals surface area contributed by atoms with Crippen LogP contribution in [-0.2, 0) is 0 Å². The van der Waals surface area contributed by atoms with Crippen molar-refractivity contribution in [2.24, 2.45) is 0 Å². The molecule has 0 unspecified atom stereocenters. The molecule has 1 aromatic heterocycles. The van der Waals surface area contributed by atoms with E-state index in [4.69, 9.17) is 0 Å². The molecule has 9 aromatic rings. The topological polar surface area (TPSA) is 8.17 Å². The fraction of sp³-hybridized carbons (Fsp3) is 0. The summed E-state index contributed by atoms with van der Waals surface area (Å²) in [4.78, 5) is 2.40. The van der Waals surface area contributed by atoms with Gasteiger partial charge in [0, 0.05) is 33.4 Å². The van der Waals surface area contributed by atoms with Gasteiger partial charge >= 0.3 is 0 Å². The molecule has 2 heteroatoms. The summed E-state index contributed by atoms with van der Waals surface area (Å²) >= 11 is 0. The Morgan fingerprint density at radius 2 is 0.891 bits per heavy atom. The quantitative estimate of drug-likeness (QED) is 0.195. The Balaban J connectivity index is 1.25. The molecule has 0 aliphatic heterocycles. The molecule has 8 aromatic carbocycles. The predicted octanol–water partition coefficient (Wildman–Crippen LogP) is 12.2. The lowest BCUT2D eigenvalue weighted by molar-refractivity contribution is 1.17. The van der Waals surface area contributed by atoms with Gasteiger partial charge in [0.2, 0.25) is 0 Å². The van der Waals surface area contributed by atoms with Crippen LogP contribution in [0.1, 0.15) is 0 Å². The van der Waals surface area contributed by atoms with Gasteiger partial charge in [-0.25, -0.2) is 0 Å². The van der Waals surface area contributed by atoms with Crippen LogP contribution in [0.2, 0.25) is 0 Å². The number of aromatic nitrogens is 1. The lowest BCUT2D eigenvalue weighted by Crippen LogP contribution is -2.11. The average molecular weight is 587 g/mol. The fourth-order valence-corrected chi connectivity index (χ4v) is 6.96. The molecule has 0 saturated heterocycles. The molecule has 0 fully saturated rings. The third-order valence-electron chi connectivity index (χ3n) is 9.13. The van der Waals surface area contributed by atoms with Crippen LogP contribution in [0.3, 0.4) is 0 Å². The van der Waals surface area contributed by atoms with E-state index < -0.39 is 0 Å². The predicted molar refractivity (Wildman–Crippen MR) is 196 cm³/mol. The first-order valence-corrected chi connectivity index (χ1v) is 15.8. The number of hydrogen-bond donors (Lipinski definition) is 0. The van der Waals surface area contributed by atoms with Gasteiger partial charge in [0.05, 0.1) is 16.7 Å². The molecule has 0 atom stereocenters. The Kier molecular flexibility index (Phi) is 6.17. The highest BCUT2D eigenvalue weighted by molar-refractivity contribution is 6.09. The van der Waals surface area contributed by atoms with Crippen molar-refractivity contribution in [3.8, 4) is 16.8 Å². The average Bonchev–Trinajstić information content (AvgIpc) is 3.46. The molecule has 0 aliphatic rings. The molecule has 0 radical (unpaired) electrons. The normalized spacial score (nSPS) is 11.5. The maximum absolute atomic E-state index is 2.40. The van der Waals surface area contributed by atoms with E-state index in [1.165, 1.54) is 54.5 Å². The summed E-state index contributed by atoms with van der Waals surface area (Å²) in [6.07, 6.45) is 0. The Morgan fingerprint density at radius 3 is 1.57 bits per heavy atom.